The molecule has 0 fully saturated rings. The second kappa shape index (κ2) is 6.02. The van der Waals surface area contributed by atoms with Crippen LogP contribution in [0.2, 0.25) is 0 Å². The van der Waals surface area contributed by atoms with Crippen LogP contribution in [0.5, 0.6) is 0 Å². The standard InChI is InChI=1S/C11H9Br2NO2/c1-2-16-11(15)9-4-7(6-14)3-8(5-12)10(9)13/h3-4H,2,5H2,1H3. The van der Waals surface area contributed by atoms with E-state index >= 15 is 0 Å². The molecule has 0 radical (unpaired) electrons. The van der Waals surface area contributed by atoms with Gasteiger partial charge in [-0.15, -0.1) is 0 Å². The zero-order valence-electron chi connectivity index (χ0n) is 8.59. The second-order valence-electron chi connectivity index (χ2n) is 2.96. The van der Waals surface area contributed by atoms with Crippen molar-refractivity contribution in [1.29, 1.82) is 5.26 Å². The van der Waals surface area contributed by atoms with Crippen LogP contribution in [0.1, 0.15) is 28.4 Å². The summed E-state index contributed by atoms with van der Waals surface area (Å²) in [5, 5.41) is 9.42. The van der Waals surface area contributed by atoms with Crippen LogP contribution < -0.4 is 0 Å². The maximum Gasteiger partial charge on any atom is 0.339 e. The predicted octanol–water partition coefficient (Wildman–Crippen LogP) is 3.39. The monoisotopic (exact) mass is 345 g/mol. The van der Waals surface area contributed by atoms with Gasteiger partial charge in [-0.2, -0.15) is 5.26 Å². The molecule has 5 heteroatoms. The van der Waals surface area contributed by atoms with Crippen LogP contribution in [-0.4, -0.2) is 12.6 Å². The van der Waals surface area contributed by atoms with E-state index < -0.39 is 5.97 Å². The summed E-state index contributed by atoms with van der Waals surface area (Å²) < 4.78 is 5.58. The van der Waals surface area contributed by atoms with Gasteiger partial charge in [0.25, 0.3) is 0 Å². The minimum Gasteiger partial charge on any atom is -0.462 e. The lowest BCUT2D eigenvalue weighted by atomic mass is 10.1. The Bertz CT molecular complexity index is 452. The van der Waals surface area contributed by atoms with Crippen molar-refractivity contribution in [3.8, 4) is 6.07 Å². The number of hydrogen-bond donors (Lipinski definition) is 0. The minimum atomic E-state index is -0.423. The number of ether oxygens (including phenoxy) is 1. The lowest BCUT2D eigenvalue weighted by Crippen LogP contribution is -2.07. The summed E-state index contributed by atoms with van der Waals surface area (Å²) in [6.45, 7) is 2.05. The molecule has 0 heterocycles. The third-order valence-corrected chi connectivity index (χ3v) is 3.46. The Hall–Kier alpha value is -0.860. The van der Waals surface area contributed by atoms with Crippen molar-refractivity contribution >= 4 is 37.8 Å². The van der Waals surface area contributed by atoms with E-state index in [9.17, 15) is 4.79 Å². The molecular weight excluding hydrogens is 338 g/mol. The molecule has 0 aromatic heterocycles. The summed E-state index contributed by atoms with van der Waals surface area (Å²) in [5.41, 5.74) is 1.68. The Morgan fingerprint density at radius 2 is 2.25 bits per heavy atom. The SMILES string of the molecule is CCOC(=O)c1cc(C#N)cc(CBr)c1Br. The Morgan fingerprint density at radius 3 is 2.75 bits per heavy atom. The maximum absolute atomic E-state index is 11.6. The Morgan fingerprint density at radius 1 is 1.56 bits per heavy atom. The molecule has 0 N–H and O–H groups in total. The van der Waals surface area contributed by atoms with Gasteiger partial charge in [0.15, 0.2) is 0 Å². The number of rotatable bonds is 3. The van der Waals surface area contributed by atoms with Crippen LogP contribution in [0.25, 0.3) is 0 Å². The number of nitriles is 1. The molecule has 3 nitrogen and oxygen atoms in total. The van der Waals surface area contributed by atoms with Crippen molar-refractivity contribution in [3.63, 3.8) is 0 Å². The van der Waals surface area contributed by atoms with Crippen LogP contribution >= 0.6 is 31.9 Å². The minimum absolute atomic E-state index is 0.311. The third-order valence-electron chi connectivity index (χ3n) is 1.92. The highest BCUT2D eigenvalue weighted by Crippen LogP contribution is 2.26. The first kappa shape index (κ1) is 13.2. The van der Waals surface area contributed by atoms with Crippen molar-refractivity contribution in [3.05, 3.63) is 33.3 Å². The molecule has 0 saturated carbocycles. The number of carbonyl (C=O) groups excluding carboxylic acids is 1. The normalized spacial score (nSPS) is 9.62. The molecule has 0 unspecified atom stereocenters. The van der Waals surface area contributed by atoms with E-state index in [1.165, 1.54) is 6.07 Å². The molecular formula is C11H9Br2NO2. The van der Waals surface area contributed by atoms with Gasteiger partial charge in [0.1, 0.15) is 0 Å². The average molecular weight is 347 g/mol. The van der Waals surface area contributed by atoms with Gasteiger partial charge >= 0.3 is 5.97 Å². The number of alkyl halides is 1. The van der Waals surface area contributed by atoms with Gasteiger partial charge < -0.3 is 4.74 Å². The van der Waals surface area contributed by atoms with Gasteiger partial charge in [-0.25, -0.2) is 4.79 Å². The molecule has 0 aliphatic heterocycles. The highest BCUT2D eigenvalue weighted by Gasteiger charge is 2.15. The van der Waals surface area contributed by atoms with E-state index in [-0.39, 0.29) is 0 Å². The fourth-order valence-corrected chi connectivity index (χ4v) is 2.55. The van der Waals surface area contributed by atoms with Crippen LogP contribution in [0.15, 0.2) is 16.6 Å². The van der Waals surface area contributed by atoms with Crippen molar-refractivity contribution in [2.45, 2.75) is 12.3 Å². The molecule has 16 heavy (non-hydrogen) atoms. The summed E-state index contributed by atoms with van der Waals surface area (Å²) in [6, 6.07) is 5.26. The first-order chi connectivity index (χ1) is 7.63. The molecule has 0 aliphatic rings. The number of carbonyl (C=O) groups is 1. The average Bonchev–Trinajstić information content (AvgIpc) is 2.29. The zero-order chi connectivity index (χ0) is 12.1. The lowest BCUT2D eigenvalue weighted by Gasteiger charge is -2.08. The van der Waals surface area contributed by atoms with Gasteiger partial charge in [0, 0.05) is 9.80 Å². The fraction of sp³-hybridized carbons (Fsp3) is 0.273. The summed E-state index contributed by atoms with van der Waals surface area (Å²) in [7, 11) is 0. The molecule has 1 aromatic rings. The second-order valence-corrected chi connectivity index (χ2v) is 4.32. The van der Waals surface area contributed by atoms with E-state index in [1.54, 1.807) is 13.0 Å². The Kier molecular flexibility index (Phi) is 4.97. The molecule has 0 spiro atoms. The van der Waals surface area contributed by atoms with Crippen molar-refractivity contribution in [1.82, 2.24) is 0 Å². The van der Waals surface area contributed by atoms with Crippen LogP contribution in [0.4, 0.5) is 0 Å². The summed E-state index contributed by atoms with van der Waals surface area (Å²) in [4.78, 5) is 11.6. The van der Waals surface area contributed by atoms with E-state index in [4.69, 9.17) is 10.00 Å². The van der Waals surface area contributed by atoms with E-state index in [2.05, 4.69) is 31.9 Å². The molecule has 1 rings (SSSR count). The first-order valence-electron chi connectivity index (χ1n) is 4.59. The highest BCUT2D eigenvalue weighted by atomic mass is 79.9. The van der Waals surface area contributed by atoms with Gasteiger partial charge in [-0.3, -0.25) is 0 Å². The maximum atomic E-state index is 11.6. The number of hydrogen-bond acceptors (Lipinski definition) is 3. The number of nitrogens with zero attached hydrogens (tertiary/aromatic N) is 1. The summed E-state index contributed by atoms with van der Waals surface area (Å²) in [6.07, 6.45) is 0. The molecule has 0 atom stereocenters. The largest absolute Gasteiger partial charge is 0.462 e. The number of benzene rings is 1. The quantitative estimate of drug-likeness (QED) is 0.622. The van der Waals surface area contributed by atoms with Gasteiger partial charge in [-0.05, 0) is 40.5 Å². The number of halogens is 2. The molecule has 84 valence electrons. The third kappa shape index (κ3) is 2.83. The van der Waals surface area contributed by atoms with Crippen molar-refractivity contribution in [2.75, 3.05) is 6.61 Å². The fourth-order valence-electron chi connectivity index (χ4n) is 1.20. The molecule has 0 amide bonds. The molecule has 0 saturated heterocycles. The van der Waals surface area contributed by atoms with Crippen molar-refractivity contribution in [2.24, 2.45) is 0 Å². The zero-order valence-corrected chi connectivity index (χ0v) is 11.8. The van der Waals surface area contributed by atoms with Crippen molar-refractivity contribution < 1.29 is 9.53 Å². The van der Waals surface area contributed by atoms with Crippen LogP contribution in [0, 0.1) is 11.3 Å². The Labute approximate surface area is 111 Å². The highest BCUT2D eigenvalue weighted by molar-refractivity contribution is 9.10. The predicted molar refractivity (Wildman–Crippen MR) is 67.4 cm³/mol. The van der Waals surface area contributed by atoms with Crippen LogP contribution in [-0.2, 0) is 10.1 Å². The number of esters is 1. The van der Waals surface area contributed by atoms with Gasteiger partial charge in [0.05, 0.1) is 23.8 Å². The summed E-state index contributed by atoms with van der Waals surface area (Å²) >= 11 is 6.64. The first-order valence-corrected chi connectivity index (χ1v) is 6.51. The topological polar surface area (TPSA) is 50.1 Å². The van der Waals surface area contributed by atoms with E-state index in [1.807, 2.05) is 6.07 Å². The molecule has 1 aromatic carbocycles. The smallest absolute Gasteiger partial charge is 0.339 e. The summed E-state index contributed by atoms with van der Waals surface area (Å²) in [5.74, 6) is -0.423. The Balaban J connectivity index is 3.27. The molecule has 0 aliphatic carbocycles. The van der Waals surface area contributed by atoms with Crippen LogP contribution in [0.3, 0.4) is 0 Å². The van der Waals surface area contributed by atoms with Gasteiger partial charge in [0.2, 0.25) is 0 Å². The van der Waals surface area contributed by atoms with E-state index in [0.717, 1.165) is 5.56 Å². The van der Waals surface area contributed by atoms with Gasteiger partial charge in [-0.1, -0.05) is 15.9 Å². The molecule has 0 bridgehead atoms. The van der Waals surface area contributed by atoms with E-state index in [0.29, 0.717) is 27.5 Å². The lowest BCUT2D eigenvalue weighted by molar-refractivity contribution is 0.0525.